The second-order valence-electron chi connectivity index (χ2n) is 8.44. The molecule has 2 fully saturated rings. The van der Waals surface area contributed by atoms with Crippen molar-refractivity contribution in [1.82, 2.24) is 9.80 Å². The maximum absolute atomic E-state index is 12.6. The largest absolute Gasteiger partial charge is 0.493 e. The van der Waals surface area contributed by atoms with Crippen molar-refractivity contribution >= 4 is 11.8 Å². The molecule has 0 N–H and O–H groups in total. The zero-order valence-electron chi connectivity index (χ0n) is 17.7. The van der Waals surface area contributed by atoms with E-state index in [1.807, 2.05) is 65.3 Å². The van der Waals surface area contributed by atoms with E-state index in [2.05, 4.69) is 0 Å². The number of carbonyl (C=O) groups excluding carboxylic acids is 2. The molecule has 2 saturated heterocycles. The maximum atomic E-state index is 12.6. The van der Waals surface area contributed by atoms with Gasteiger partial charge < -0.3 is 14.5 Å². The van der Waals surface area contributed by atoms with Crippen LogP contribution in [0.15, 0.2) is 48.5 Å². The number of piperidine rings is 1. The lowest BCUT2D eigenvalue weighted by Crippen LogP contribution is -2.39. The molecule has 2 amide bonds. The number of aryl methyl sites for hydroxylation is 1. The zero-order chi connectivity index (χ0) is 20.9. The molecule has 0 spiro atoms. The van der Waals surface area contributed by atoms with E-state index in [4.69, 9.17) is 4.74 Å². The average molecular weight is 407 g/mol. The Hall–Kier alpha value is -2.82. The molecule has 0 radical (unpaired) electrons. The fourth-order valence-electron chi connectivity index (χ4n) is 4.19. The average Bonchev–Trinajstić information content (AvgIpc) is 3.33. The number of hydrogen-bond donors (Lipinski definition) is 0. The molecule has 2 aliphatic rings. The minimum Gasteiger partial charge on any atom is -0.493 e. The summed E-state index contributed by atoms with van der Waals surface area (Å²) in [5, 5.41) is 0. The predicted octanol–water partition coefficient (Wildman–Crippen LogP) is 4.16. The lowest BCUT2D eigenvalue weighted by Gasteiger charge is -2.32. The minimum absolute atomic E-state index is 0.115. The number of hydrogen-bond acceptors (Lipinski definition) is 3. The van der Waals surface area contributed by atoms with Gasteiger partial charge in [-0.15, -0.1) is 0 Å². The van der Waals surface area contributed by atoms with Crippen LogP contribution in [-0.4, -0.2) is 54.4 Å². The van der Waals surface area contributed by atoms with Crippen LogP contribution in [0.3, 0.4) is 0 Å². The van der Waals surface area contributed by atoms with Gasteiger partial charge in [-0.1, -0.05) is 17.7 Å². The molecular weight excluding hydrogens is 376 g/mol. The normalized spacial score (nSPS) is 17.2. The summed E-state index contributed by atoms with van der Waals surface area (Å²) in [6, 6.07) is 15.3. The topological polar surface area (TPSA) is 49.9 Å². The molecule has 0 atom stereocenters. The first-order chi connectivity index (χ1) is 14.6. The Morgan fingerprint density at radius 3 is 1.87 bits per heavy atom. The number of likely N-dealkylation sites (tertiary alicyclic amines) is 2. The van der Waals surface area contributed by atoms with Crippen LogP contribution in [0, 0.1) is 12.8 Å². The molecule has 2 aliphatic heterocycles. The molecule has 2 aromatic carbocycles. The summed E-state index contributed by atoms with van der Waals surface area (Å²) in [7, 11) is 0. The molecule has 0 bridgehead atoms. The molecule has 4 rings (SSSR count). The first-order valence-electron chi connectivity index (χ1n) is 11.0. The fourth-order valence-corrected chi connectivity index (χ4v) is 4.19. The summed E-state index contributed by atoms with van der Waals surface area (Å²) in [5.74, 6) is 1.47. The van der Waals surface area contributed by atoms with Crippen LogP contribution in [0.4, 0.5) is 0 Å². The van der Waals surface area contributed by atoms with Crippen molar-refractivity contribution in [3.63, 3.8) is 0 Å². The summed E-state index contributed by atoms with van der Waals surface area (Å²) >= 11 is 0. The van der Waals surface area contributed by atoms with Crippen LogP contribution in [-0.2, 0) is 0 Å². The summed E-state index contributed by atoms with van der Waals surface area (Å²) in [6.45, 7) is 5.93. The number of nitrogens with zero attached hydrogens (tertiary/aromatic N) is 2. The summed E-state index contributed by atoms with van der Waals surface area (Å²) < 4.78 is 5.97. The summed E-state index contributed by atoms with van der Waals surface area (Å²) in [4.78, 5) is 28.9. The Labute approximate surface area is 178 Å². The van der Waals surface area contributed by atoms with Gasteiger partial charge in [-0.3, -0.25) is 9.59 Å². The molecule has 2 aromatic rings. The van der Waals surface area contributed by atoms with Crippen molar-refractivity contribution in [2.45, 2.75) is 32.6 Å². The van der Waals surface area contributed by atoms with Crippen molar-refractivity contribution in [2.75, 3.05) is 32.8 Å². The third-order valence-electron chi connectivity index (χ3n) is 6.18. The van der Waals surface area contributed by atoms with Crippen LogP contribution in [0.2, 0.25) is 0 Å². The van der Waals surface area contributed by atoms with Crippen molar-refractivity contribution in [2.24, 2.45) is 5.92 Å². The quantitative estimate of drug-likeness (QED) is 0.749. The second kappa shape index (κ2) is 9.33. The maximum Gasteiger partial charge on any atom is 0.253 e. The predicted molar refractivity (Wildman–Crippen MR) is 117 cm³/mol. The molecule has 0 aliphatic carbocycles. The van der Waals surface area contributed by atoms with Gasteiger partial charge in [0.1, 0.15) is 5.75 Å². The van der Waals surface area contributed by atoms with Crippen LogP contribution in [0.1, 0.15) is 52.0 Å². The van der Waals surface area contributed by atoms with Crippen molar-refractivity contribution < 1.29 is 14.3 Å². The molecule has 5 heteroatoms. The SMILES string of the molecule is Cc1ccc(C(=O)N2CCC(COc3ccc(C(=O)N4CCCC4)cc3)CC2)cc1. The Bertz CT molecular complexity index is 862. The smallest absolute Gasteiger partial charge is 0.253 e. The number of rotatable bonds is 5. The first kappa shape index (κ1) is 20.5. The van der Waals surface area contributed by atoms with Crippen LogP contribution in [0.25, 0.3) is 0 Å². The molecule has 2 heterocycles. The highest BCUT2D eigenvalue weighted by molar-refractivity contribution is 5.95. The van der Waals surface area contributed by atoms with Gasteiger partial charge in [-0.25, -0.2) is 0 Å². The van der Waals surface area contributed by atoms with E-state index in [9.17, 15) is 9.59 Å². The molecule has 0 saturated carbocycles. The number of ether oxygens (including phenoxy) is 1. The molecule has 0 aromatic heterocycles. The Kier molecular flexibility index (Phi) is 6.36. The molecular formula is C25H30N2O3. The number of amides is 2. The van der Waals surface area contributed by atoms with E-state index in [1.54, 1.807) is 0 Å². The standard InChI is InChI=1S/C25H30N2O3/c1-19-4-6-21(7-5-19)25(29)27-16-12-20(13-17-27)18-30-23-10-8-22(9-11-23)24(28)26-14-2-3-15-26/h4-11,20H,2-3,12-18H2,1H3. The van der Waals surface area contributed by atoms with Crippen LogP contribution in [0.5, 0.6) is 5.75 Å². The van der Waals surface area contributed by atoms with E-state index in [0.717, 1.165) is 74.3 Å². The van der Waals surface area contributed by atoms with E-state index >= 15 is 0 Å². The van der Waals surface area contributed by atoms with E-state index in [0.29, 0.717) is 12.5 Å². The van der Waals surface area contributed by atoms with Gasteiger partial charge in [0.05, 0.1) is 6.61 Å². The monoisotopic (exact) mass is 406 g/mol. The molecule has 5 nitrogen and oxygen atoms in total. The van der Waals surface area contributed by atoms with Gasteiger partial charge in [0.25, 0.3) is 11.8 Å². The first-order valence-corrected chi connectivity index (χ1v) is 11.0. The van der Waals surface area contributed by atoms with E-state index in [-0.39, 0.29) is 11.8 Å². The summed E-state index contributed by atoms with van der Waals surface area (Å²) in [6.07, 6.45) is 4.09. The Morgan fingerprint density at radius 1 is 0.800 bits per heavy atom. The second-order valence-corrected chi connectivity index (χ2v) is 8.44. The van der Waals surface area contributed by atoms with Crippen LogP contribution < -0.4 is 4.74 Å². The Morgan fingerprint density at radius 2 is 1.30 bits per heavy atom. The summed E-state index contributed by atoms with van der Waals surface area (Å²) in [5.41, 5.74) is 2.65. The number of carbonyl (C=O) groups is 2. The van der Waals surface area contributed by atoms with E-state index in [1.165, 1.54) is 0 Å². The zero-order valence-corrected chi connectivity index (χ0v) is 17.7. The lowest BCUT2D eigenvalue weighted by molar-refractivity contribution is 0.0660. The highest BCUT2D eigenvalue weighted by Crippen LogP contribution is 2.22. The van der Waals surface area contributed by atoms with E-state index < -0.39 is 0 Å². The van der Waals surface area contributed by atoms with Gasteiger partial charge in [0, 0.05) is 37.3 Å². The van der Waals surface area contributed by atoms with Gasteiger partial charge in [0.15, 0.2) is 0 Å². The van der Waals surface area contributed by atoms with Gasteiger partial charge in [0.2, 0.25) is 0 Å². The lowest BCUT2D eigenvalue weighted by atomic mass is 9.97. The molecule has 0 unspecified atom stereocenters. The minimum atomic E-state index is 0.115. The molecule has 30 heavy (non-hydrogen) atoms. The van der Waals surface area contributed by atoms with Gasteiger partial charge >= 0.3 is 0 Å². The third-order valence-corrected chi connectivity index (χ3v) is 6.18. The third kappa shape index (κ3) is 4.84. The number of benzene rings is 2. The van der Waals surface area contributed by atoms with Crippen molar-refractivity contribution in [1.29, 1.82) is 0 Å². The van der Waals surface area contributed by atoms with Crippen molar-refractivity contribution in [3.8, 4) is 5.75 Å². The Balaban J connectivity index is 1.23. The highest BCUT2D eigenvalue weighted by Gasteiger charge is 2.24. The van der Waals surface area contributed by atoms with Gasteiger partial charge in [-0.2, -0.15) is 0 Å². The van der Waals surface area contributed by atoms with Gasteiger partial charge in [-0.05, 0) is 74.9 Å². The van der Waals surface area contributed by atoms with Crippen molar-refractivity contribution in [3.05, 3.63) is 65.2 Å². The molecule has 158 valence electrons. The fraction of sp³-hybridized carbons (Fsp3) is 0.440. The highest BCUT2D eigenvalue weighted by atomic mass is 16.5. The van der Waals surface area contributed by atoms with Crippen LogP contribution >= 0.6 is 0 Å².